The molecule has 0 saturated heterocycles. The molecule has 0 bridgehead atoms. The normalized spacial score (nSPS) is 15.4. The van der Waals surface area contributed by atoms with Gasteiger partial charge in [0.1, 0.15) is 0 Å². The van der Waals surface area contributed by atoms with Crippen LogP contribution in [0.3, 0.4) is 0 Å². The van der Waals surface area contributed by atoms with Crippen LogP contribution in [-0.2, 0) is 13.1 Å². The Morgan fingerprint density at radius 1 is 1.47 bits per heavy atom. The van der Waals surface area contributed by atoms with Crippen molar-refractivity contribution in [1.82, 2.24) is 14.9 Å². The summed E-state index contributed by atoms with van der Waals surface area (Å²) >= 11 is 7.56. The third-order valence-electron chi connectivity index (χ3n) is 2.90. The predicted molar refractivity (Wildman–Crippen MR) is 70.5 cm³/mol. The molecule has 1 aliphatic rings. The van der Waals surface area contributed by atoms with Gasteiger partial charge in [0.15, 0.2) is 0 Å². The lowest BCUT2D eigenvalue weighted by Crippen LogP contribution is -2.18. The van der Waals surface area contributed by atoms with E-state index in [1.165, 1.54) is 23.4 Å². The average Bonchev–Trinajstić information content (AvgIpc) is 2.90. The molecule has 0 aromatic carbocycles. The van der Waals surface area contributed by atoms with Crippen LogP contribution in [0.15, 0.2) is 24.7 Å². The maximum absolute atomic E-state index is 5.93. The van der Waals surface area contributed by atoms with Crippen molar-refractivity contribution >= 4 is 22.9 Å². The van der Waals surface area contributed by atoms with Gasteiger partial charge in [-0.15, -0.1) is 11.3 Å². The summed E-state index contributed by atoms with van der Waals surface area (Å²) in [6, 6.07) is 4.75. The van der Waals surface area contributed by atoms with Crippen molar-refractivity contribution in [2.45, 2.75) is 32.0 Å². The van der Waals surface area contributed by atoms with E-state index in [1.807, 2.05) is 18.6 Å². The van der Waals surface area contributed by atoms with Crippen molar-refractivity contribution in [3.05, 3.63) is 39.6 Å². The highest BCUT2D eigenvalue weighted by atomic mass is 35.5. The number of rotatable bonds is 5. The van der Waals surface area contributed by atoms with E-state index in [0.29, 0.717) is 0 Å². The summed E-state index contributed by atoms with van der Waals surface area (Å²) in [5.41, 5.74) is 1.24. The second kappa shape index (κ2) is 4.80. The second-order valence-electron chi connectivity index (χ2n) is 4.37. The Kier molecular flexibility index (Phi) is 3.18. The zero-order valence-corrected chi connectivity index (χ0v) is 11.0. The molecule has 90 valence electrons. The summed E-state index contributed by atoms with van der Waals surface area (Å²) < 4.78 is 3.02. The molecule has 1 fully saturated rings. The number of halogens is 1. The molecule has 1 N–H and O–H groups in total. The van der Waals surface area contributed by atoms with E-state index < -0.39 is 0 Å². The fraction of sp³-hybridized carbons (Fsp3) is 0.417. The molecule has 1 saturated carbocycles. The van der Waals surface area contributed by atoms with Crippen molar-refractivity contribution in [3.8, 4) is 0 Å². The molecule has 0 amide bonds. The average molecular weight is 268 g/mol. The number of nitrogens with one attached hydrogen (secondary N) is 1. The van der Waals surface area contributed by atoms with Crippen LogP contribution < -0.4 is 5.32 Å². The Bertz CT molecular complexity index is 501. The summed E-state index contributed by atoms with van der Waals surface area (Å²) in [6.45, 7) is 1.77. The first-order chi connectivity index (χ1) is 8.31. The lowest BCUT2D eigenvalue weighted by atomic mass is 10.4. The molecule has 3 rings (SSSR count). The molecule has 2 aromatic heterocycles. The fourth-order valence-corrected chi connectivity index (χ4v) is 2.87. The Morgan fingerprint density at radius 2 is 2.35 bits per heavy atom. The van der Waals surface area contributed by atoms with Gasteiger partial charge in [-0.2, -0.15) is 0 Å². The molecule has 2 aromatic rings. The minimum Gasteiger partial charge on any atom is -0.328 e. The Balaban J connectivity index is 1.67. The molecule has 5 heteroatoms. The molecule has 0 unspecified atom stereocenters. The summed E-state index contributed by atoms with van der Waals surface area (Å²) in [6.07, 6.45) is 6.45. The first kappa shape index (κ1) is 11.3. The van der Waals surface area contributed by atoms with E-state index in [9.17, 15) is 0 Å². The summed E-state index contributed by atoms with van der Waals surface area (Å²) in [7, 11) is 0. The molecular weight excluding hydrogens is 254 g/mol. The van der Waals surface area contributed by atoms with Gasteiger partial charge in [-0.3, -0.25) is 0 Å². The predicted octanol–water partition coefficient (Wildman–Crippen LogP) is 2.90. The van der Waals surface area contributed by atoms with Crippen molar-refractivity contribution < 1.29 is 0 Å². The second-order valence-corrected chi connectivity index (χ2v) is 6.17. The van der Waals surface area contributed by atoms with Crippen LogP contribution >= 0.6 is 22.9 Å². The molecule has 3 nitrogen and oxygen atoms in total. The SMILES string of the molecule is Clc1ccc(Cn2cncc2CNC2CC2)s1. The van der Waals surface area contributed by atoms with Gasteiger partial charge in [-0.05, 0) is 25.0 Å². The van der Waals surface area contributed by atoms with Crippen molar-refractivity contribution in [1.29, 1.82) is 0 Å². The standard InChI is InChI=1S/C12H14ClN3S/c13-12-4-3-11(17-12)7-16-8-14-5-10(16)6-15-9-1-2-9/h3-5,8-9,15H,1-2,6-7H2. The van der Waals surface area contributed by atoms with Gasteiger partial charge in [0.2, 0.25) is 0 Å². The van der Waals surface area contributed by atoms with Crippen LogP contribution in [0.1, 0.15) is 23.4 Å². The van der Waals surface area contributed by atoms with Gasteiger partial charge in [0, 0.05) is 23.7 Å². The molecule has 0 aliphatic heterocycles. The Labute approximate surface area is 109 Å². The van der Waals surface area contributed by atoms with Gasteiger partial charge in [0.05, 0.1) is 22.9 Å². The largest absolute Gasteiger partial charge is 0.328 e. The number of aromatic nitrogens is 2. The van der Waals surface area contributed by atoms with Crippen LogP contribution in [0.5, 0.6) is 0 Å². The minimum absolute atomic E-state index is 0.731. The topological polar surface area (TPSA) is 29.9 Å². The van der Waals surface area contributed by atoms with Gasteiger partial charge >= 0.3 is 0 Å². The summed E-state index contributed by atoms with van der Waals surface area (Å²) in [5.74, 6) is 0. The van der Waals surface area contributed by atoms with E-state index in [-0.39, 0.29) is 0 Å². The van der Waals surface area contributed by atoms with Gasteiger partial charge < -0.3 is 9.88 Å². The summed E-state index contributed by atoms with van der Waals surface area (Å²) in [4.78, 5) is 5.48. The quantitative estimate of drug-likeness (QED) is 0.903. The Morgan fingerprint density at radius 3 is 3.06 bits per heavy atom. The van der Waals surface area contributed by atoms with Crippen molar-refractivity contribution in [2.75, 3.05) is 0 Å². The monoisotopic (exact) mass is 267 g/mol. The number of hydrogen-bond acceptors (Lipinski definition) is 3. The number of imidazole rings is 1. The zero-order chi connectivity index (χ0) is 11.7. The maximum atomic E-state index is 5.93. The lowest BCUT2D eigenvalue weighted by Gasteiger charge is -2.07. The number of nitrogens with zero attached hydrogens (tertiary/aromatic N) is 2. The molecule has 0 spiro atoms. The van der Waals surface area contributed by atoms with Gasteiger partial charge in [-0.25, -0.2) is 4.98 Å². The number of hydrogen-bond donors (Lipinski definition) is 1. The first-order valence-corrected chi connectivity index (χ1v) is 6.97. The zero-order valence-electron chi connectivity index (χ0n) is 9.40. The molecule has 1 aliphatic carbocycles. The highest BCUT2D eigenvalue weighted by molar-refractivity contribution is 7.16. The van der Waals surface area contributed by atoms with Crippen LogP contribution in [0.25, 0.3) is 0 Å². The van der Waals surface area contributed by atoms with E-state index in [1.54, 1.807) is 11.3 Å². The Hall–Kier alpha value is -0.840. The van der Waals surface area contributed by atoms with E-state index in [2.05, 4.69) is 20.9 Å². The van der Waals surface area contributed by atoms with Gasteiger partial charge in [0.25, 0.3) is 0 Å². The van der Waals surface area contributed by atoms with Crippen molar-refractivity contribution in [2.24, 2.45) is 0 Å². The molecule has 2 heterocycles. The molecule has 0 radical (unpaired) electrons. The smallest absolute Gasteiger partial charge is 0.0952 e. The van der Waals surface area contributed by atoms with Crippen molar-refractivity contribution in [3.63, 3.8) is 0 Å². The lowest BCUT2D eigenvalue weighted by molar-refractivity contribution is 0.636. The molecule has 17 heavy (non-hydrogen) atoms. The van der Waals surface area contributed by atoms with E-state index in [4.69, 9.17) is 11.6 Å². The van der Waals surface area contributed by atoms with Crippen LogP contribution in [0, 0.1) is 0 Å². The number of thiophene rings is 1. The minimum atomic E-state index is 0.731. The van der Waals surface area contributed by atoms with Crippen LogP contribution in [0.2, 0.25) is 4.34 Å². The maximum Gasteiger partial charge on any atom is 0.0952 e. The van der Waals surface area contributed by atoms with Crippen LogP contribution in [0.4, 0.5) is 0 Å². The highest BCUT2D eigenvalue weighted by Crippen LogP contribution is 2.23. The van der Waals surface area contributed by atoms with Crippen LogP contribution in [-0.4, -0.2) is 15.6 Å². The molecular formula is C12H14ClN3S. The van der Waals surface area contributed by atoms with Gasteiger partial charge in [-0.1, -0.05) is 11.6 Å². The fourth-order valence-electron chi connectivity index (χ4n) is 1.78. The van der Waals surface area contributed by atoms with E-state index >= 15 is 0 Å². The third kappa shape index (κ3) is 2.89. The van der Waals surface area contributed by atoms with E-state index in [0.717, 1.165) is 23.5 Å². The highest BCUT2D eigenvalue weighted by Gasteiger charge is 2.20. The third-order valence-corrected chi connectivity index (χ3v) is 4.12. The molecule has 0 atom stereocenters. The first-order valence-electron chi connectivity index (χ1n) is 5.78. The summed E-state index contributed by atoms with van der Waals surface area (Å²) in [5, 5.41) is 3.51.